The van der Waals surface area contributed by atoms with Gasteiger partial charge in [0, 0.05) is 34.5 Å². The molecule has 0 aromatic heterocycles. The van der Waals surface area contributed by atoms with Crippen LogP contribution in [0.2, 0.25) is 10.0 Å². The number of hydrogen-bond acceptors (Lipinski definition) is 4. The first-order valence-electron chi connectivity index (χ1n) is 11.4. The van der Waals surface area contributed by atoms with E-state index in [1.54, 1.807) is 13.0 Å². The Hall–Kier alpha value is -1.81. The first kappa shape index (κ1) is 30.4. The minimum Gasteiger partial charge on any atom is -0.350 e. The van der Waals surface area contributed by atoms with E-state index in [9.17, 15) is 18.0 Å². The van der Waals surface area contributed by atoms with Crippen molar-refractivity contribution in [2.45, 2.75) is 58.7 Å². The number of nitrogens with zero attached hydrogens (tertiary/aromatic N) is 2. The summed E-state index contributed by atoms with van der Waals surface area (Å²) in [7, 11) is -3.68. The van der Waals surface area contributed by atoms with Gasteiger partial charge in [0.2, 0.25) is 21.8 Å². The van der Waals surface area contributed by atoms with Crippen LogP contribution in [0.15, 0.2) is 46.9 Å². The molecule has 36 heavy (non-hydrogen) atoms. The number of sulfonamides is 1. The predicted molar refractivity (Wildman–Crippen MR) is 150 cm³/mol. The molecular formula is C25H32BrCl2N3O4S. The van der Waals surface area contributed by atoms with Crippen LogP contribution in [0.25, 0.3) is 0 Å². The van der Waals surface area contributed by atoms with Crippen molar-refractivity contribution in [3.8, 4) is 0 Å². The van der Waals surface area contributed by atoms with E-state index in [0.717, 1.165) is 20.6 Å². The Morgan fingerprint density at radius 3 is 2.36 bits per heavy atom. The van der Waals surface area contributed by atoms with Gasteiger partial charge in [-0.05, 0) is 70.0 Å². The quantitative estimate of drug-likeness (QED) is 0.373. The molecule has 0 heterocycles. The molecule has 2 aromatic carbocycles. The maximum absolute atomic E-state index is 13.4. The van der Waals surface area contributed by atoms with Crippen LogP contribution in [-0.4, -0.2) is 49.5 Å². The molecule has 1 unspecified atom stereocenters. The smallest absolute Gasteiger partial charge is 0.242 e. The van der Waals surface area contributed by atoms with E-state index in [4.69, 9.17) is 23.2 Å². The van der Waals surface area contributed by atoms with Crippen molar-refractivity contribution in [3.63, 3.8) is 0 Å². The van der Waals surface area contributed by atoms with Gasteiger partial charge in [0.15, 0.2) is 0 Å². The number of benzene rings is 2. The van der Waals surface area contributed by atoms with Crippen LogP contribution in [0, 0.1) is 0 Å². The molecule has 0 aliphatic carbocycles. The van der Waals surface area contributed by atoms with Gasteiger partial charge in [0.1, 0.15) is 6.04 Å². The summed E-state index contributed by atoms with van der Waals surface area (Å²) in [6.45, 7) is 7.56. The summed E-state index contributed by atoms with van der Waals surface area (Å²) in [5.41, 5.74) is 0.654. The van der Waals surface area contributed by atoms with Gasteiger partial charge in [-0.25, -0.2) is 8.42 Å². The van der Waals surface area contributed by atoms with Crippen LogP contribution < -0.4 is 9.62 Å². The van der Waals surface area contributed by atoms with E-state index >= 15 is 0 Å². The lowest BCUT2D eigenvalue weighted by atomic mass is 10.1. The number of carbonyl (C=O) groups excluding carboxylic acids is 2. The van der Waals surface area contributed by atoms with E-state index in [1.807, 2.05) is 45.0 Å². The molecule has 2 rings (SSSR count). The molecule has 2 amide bonds. The third-order valence-electron chi connectivity index (χ3n) is 5.24. The number of anilines is 1. The van der Waals surface area contributed by atoms with Crippen molar-refractivity contribution < 1.29 is 18.0 Å². The topological polar surface area (TPSA) is 86.8 Å². The van der Waals surface area contributed by atoms with Crippen LogP contribution >= 0.6 is 39.1 Å². The third kappa shape index (κ3) is 9.25. The highest BCUT2D eigenvalue weighted by Gasteiger charge is 2.29. The Morgan fingerprint density at radius 1 is 1.11 bits per heavy atom. The van der Waals surface area contributed by atoms with Gasteiger partial charge < -0.3 is 10.2 Å². The van der Waals surface area contributed by atoms with Crippen LogP contribution in [0.3, 0.4) is 0 Å². The monoisotopic (exact) mass is 619 g/mol. The Morgan fingerprint density at radius 2 is 1.78 bits per heavy atom. The van der Waals surface area contributed by atoms with E-state index in [-0.39, 0.29) is 48.5 Å². The fraction of sp³-hybridized carbons (Fsp3) is 0.440. The molecule has 0 bridgehead atoms. The lowest BCUT2D eigenvalue weighted by Gasteiger charge is -2.32. The van der Waals surface area contributed by atoms with Gasteiger partial charge in [-0.2, -0.15) is 0 Å². The molecule has 0 aliphatic rings. The zero-order valence-corrected chi connectivity index (χ0v) is 24.9. The minimum absolute atomic E-state index is 0.0257. The van der Waals surface area contributed by atoms with Crippen molar-refractivity contribution in [2.24, 2.45) is 0 Å². The summed E-state index contributed by atoms with van der Waals surface area (Å²) < 4.78 is 27.0. The molecule has 0 saturated heterocycles. The molecule has 11 heteroatoms. The lowest BCUT2D eigenvalue weighted by molar-refractivity contribution is -0.141. The van der Waals surface area contributed by atoms with Crippen molar-refractivity contribution in [1.82, 2.24) is 10.2 Å². The second kappa shape index (κ2) is 12.6. The zero-order valence-electron chi connectivity index (χ0n) is 21.0. The molecule has 1 atom stereocenters. The SMILES string of the molecule is CC(C(=O)NC(C)(C)C)N(Cc1cccc(Br)c1)C(=O)CCCN(c1cc(Cl)ccc1Cl)S(C)(=O)=O. The summed E-state index contributed by atoms with van der Waals surface area (Å²) in [5.74, 6) is -0.536. The summed E-state index contributed by atoms with van der Waals surface area (Å²) in [5, 5.41) is 3.50. The number of amides is 2. The van der Waals surface area contributed by atoms with Gasteiger partial charge in [-0.15, -0.1) is 0 Å². The average molecular weight is 621 g/mol. The largest absolute Gasteiger partial charge is 0.350 e. The standard InChI is InChI=1S/C25H32BrCl2N3O4S/c1-17(24(33)29-25(2,3)4)30(16-18-8-6-9-19(26)14-18)23(32)10-7-13-31(36(5,34)35)22-15-20(27)11-12-21(22)28/h6,8-9,11-12,14-15,17H,7,10,13,16H2,1-5H3,(H,29,33). The molecule has 0 saturated carbocycles. The first-order valence-corrected chi connectivity index (χ1v) is 14.8. The molecule has 1 N–H and O–H groups in total. The molecule has 7 nitrogen and oxygen atoms in total. The number of rotatable bonds is 10. The highest BCUT2D eigenvalue weighted by atomic mass is 79.9. The highest BCUT2D eigenvalue weighted by Crippen LogP contribution is 2.31. The molecule has 2 aromatic rings. The lowest BCUT2D eigenvalue weighted by Crippen LogP contribution is -2.52. The van der Waals surface area contributed by atoms with Crippen molar-refractivity contribution in [2.75, 3.05) is 17.1 Å². The van der Waals surface area contributed by atoms with Gasteiger partial charge in [0.05, 0.1) is 17.0 Å². The highest BCUT2D eigenvalue weighted by molar-refractivity contribution is 9.10. The molecule has 198 valence electrons. The second-order valence-electron chi connectivity index (χ2n) is 9.60. The fourth-order valence-electron chi connectivity index (χ4n) is 3.55. The Labute approximate surface area is 232 Å². The molecule has 0 radical (unpaired) electrons. The number of hydrogen-bond donors (Lipinski definition) is 1. The third-order valence-corrected chi connectivity index (χ3v) is 7.46. The molecule has 0 aliphatic heterocycles. The Bertz CT molecular complexity index is 1200. The number of nitrogens with one attached hydrogen (secondary N) is 1. The summed E-state index contributed by atoms with van der Waals surface area (Å²) >= 11 is 15.7. The van der Waals surface area contributed by atoms with Crippen molar-refractivity contribution >= 4 is 66.7 Å². The predicted octanol–water partition coefficient (Wildman–Crippen LogP) is 5.63. The van der Waals surface area contributed by atoms with Gasteiger partial charge in [-0.3, -0.25) is 13.9 Å². The average Bonchev–Trinajstić information content (AvgIpc) is 2.74. The summed E-state index contributed by atoms with van der Waals surface area (Å²) in [6, 6.07) is 11.4. The van der Waals surface area contributed by atoms with Gasteiger partial charge >= 0.3 is 0 Å². The Kier molecular flexibility index (Phi) is 10.7. The van der Waals surface area contributed by atoms with Crippen LogP contribution in [0.5, 0.6) is 0 Å². The van der Waals surface area contributed by atoms with Crippen molar-refractivity contribution in [3.05, 3.63) is 62.5 Å². The Balaban J connectivity index is 2.23. The number of carbonyl (C=O) groups is 2. The number of halogens is 3. The van der Waals surface area contributed by atoms with Crippen LogP contribution in [-0.2, 0) is 26.2 Å². The molecule has 0 spiro atoms. The van der Waals surface area contributed by atoms with Crippen molar-refractivity contribution in [1.29, 1.82) is 0 Å². The van der Waals surface area contributed by atoms with E-state index in [1.165, 1.54) is 17.0 Å². The maximum Gasteiger partial charge on any atom is 0.242 e. The summed E-state index contributed by atoms with van der Waals surface area (Å²) in [4.78, 5) is 27.8. The first-order chi connectivity index (χ1) is 16.6. The van der Waals surface area contributed by atoms with Crippen LogP contribution in [0.1, 0.15) is 46.1 Å². The maximum atomic E-state index is 13.4. The molecule has 0 fully saturated rings. The minimum atomic E-state index is -3.68. The van der Waals surface area contributed by atoms with E-state index < -0.39 is 21.6 Å². The molecular weight excluding hydrogens is 589 g/mol. The summed E-state index contributed by atoms with van der Waals surface area (Å²) in [6.07, 6.45) is 1.33. The van der Waals surface area contributed by atoms with Crippen LogP contribution in [0.4, 0.5) is 5.69 Å². The van der Waals surface area contributed by atoms with Gasteiger partial charge in [-0.1, -0.05) is 51.3 Å². The normalized spacial score (nSPS) is 12.7. The van der Waals surface area contributed by atoms with E-state index in [0.29, 0.717) is 5.02 Å². The second-order valence-corrected chi connectivity index (χ2v) is 13.3. The fourth-order valence-corrected chi connectivity index (χ4v) is 5.40. The zero-order chi connectivity index (χ0) is 27.3. The van der Waals surface area contributed by atoms with E-state index in [2.05, 4.69) is 21.2 Å². The van der Waals surface area contributed by atoms with Gasteiger partial charge in [0.25, 0.3) is 0 Å².